The highest BCUT2D eigenvalue weighted by Crippen LogP contribution is 2.21. The zero-order valence-electron chi connectivity index (χ0n) is 14.0. The van der Waals surface area contributed by atoms with Crippen LogP contribution in [0, 0.1) is 17.6 Å². The van der Waals surface area contributed by atoms with Gasteiger partial charge in [-0.25, -0.2) is 13.6 Å². The Morgan fingerprint density at radius 3 is 2.17 bits per heavy atom. The molecule has 0 atom stereocenters. The second kappa shape index (κ2) is 8.08. The molecule has 1 N–H and O–H groups in total. The average molecular weight is 339 g/mol. The smallest absolute Gasteiger partial charge is 0.319 e. The van der Waals surface area contributed by atoms with Gasteiger partial charge in [-0.3, -0.25) is 4.79 Å². The third-order valence-corrected chi connectivity index (χ3v) is 4.30. The fourth-order valence-corrected chi connectivity index (χ4v) is 2.90. The molecule has 1 aromatic rings. The van der Waals surface area contributed by atoms with E-state index < -0.39 is 11.6 Å². The third-order valence-electron chi connectivity index (χ3n) is 4.30. The van der Waals surface area contributed by atoms with Crippen LogP contribution >= 0.6 is 0 Å². The average Bonchev–Trinajstić information content (AvgIpc) is 2.55. The van der Waals surface area contributed by atoms with Gasteiger partial charge in [-0.05, 0) is 38.8 Å². The van der Waals surface area contributed by atoms with E-state index in [4.69, 9.17) is 0 Å². The number of piperidine rings is 1. The lowest BCUT2D eigenvalue weighted by atomic mass is 9.96. The van der Waals surface area contributed by atoms with Crippen LogP contribution in [-0.2, 0) is 4.79 Å². The first-order chi connectivity index (χ1) is 11.4. The Hall–Kier alpha value is -2.18. The van der Waals surface area contributed by atoms with Crippen LogP contribution in [0.3, 0.4) is 0 Å². The van der Waals surface area contributed by atoms with E-state index in [0.29, 0.717) is 39.0 Å². The number of nitrogens with one attached hydrogen (secondary N) is 1. The lowest BCUT2D eigenvalue weighted by molar-refractivity contribution is -0.121. The molecule has 2 rings (SSSR count). The maximum Gasteiger partial charge on any atom is 0.319 e. The number of halogens is 2. The van der Waals surface area contributed by atoms with Crippen LogP contribution in [-0.4, -0.2) is 47.9 Å². The van der Waals surface area contributed by atoms with Crippen molar-refractivity contribution in [1.29, 1.82) is 0 Å². The standard InChI is InChI=1S/C17H23F2N3O2/c1-3-21(4-2)17(24)22-7-5-12(6-8-22)16(23)20-15-10-13(18)9-14(19)11-15/h9-12H,3-8H2,1-2H3,(H,20,23). The molecule has 0 unspecified atom stereocenters. The molecule has 7 heteroatoms. The minimum atomic E-state index is -0.732. The molecule has 1 aromatic carbocycles. The Morgan fingerprint density at radius 1 is 1.12 bits per heavy atom. The molecule has 0 spiro atoms. The van der Waals surface area contributed by atoms with Crippen LogP contribution in [0.4, 0.5) is 19.3 Å². The van der Waals surface area contributed by atoms with Gasteiger partial charge in [0.05, 0.1) is 0 Å². The van der Waals surface area contributed by atoms with Gasteiger partial charge in [0, 0.05) is 43.9 Å². The van der Waals surface area contributed by atoms with Gasteiger partial charge < -0.3 is 15.1 Å². The Morgan fingerprint density at radius 2 is 1.67 bits per heavy atom. The molecule has 1 fully saturated rings. The van der Waals surface area contributed by atoms with Crippen molar-refractivity contribution >= 4 is 17.6 Å². The lowest BCUT2D eigenvalue weighted by Crippen LogP contribution is -2.47. The number of carbonyl (C=O) groups excluding carboxylic acids is 2. The maximum absolute atomic E-state index is 13.2. The predicted molar refractivity (Wildman–Crippen MR) is 87.6 cm³/mol. The van der Waals surface area contributed by atoms with Crippen LogP contribution in [0.15, 0.2) is 18.2 Å². The number of benzene rings is 1. The van der Waals surface area contributed by atoms with Crippen molar-refractivity contribution in [2.75, 3.05) is 31.5 Å². The van der Waals surface area contributed by atoms with Crippen molar-refractivity contribution in [3.8, 4) is 0 Å². The predicted octanol–water partition coefficient (Wildman–Crippen LogP) is 3.08. The highest BCUT2D eigenvalue weighted by atomic mass is 19.1. The van der Waals surface area contributed by atoms with E-state index in [9.17, 15) is 18.4 Å². The number of carbonyl (C=O) groups is 2. The van der Waals surface area contributed by atoms with Crippen molar-refractivity contribution in [3.63, 3.8) is 0 Å². The molecule has 0 bridgehead atoms. The van der Waals surface area contributed by atoms with Gasteiger partial charge in [0.2, 0.25) is 5.91 Å². The fraction of sp³-hybridized carbons (Fsp3) is 0.529. The number of hydrogen-bond donors (Lipinski definition) is 1. The van der Waals surface area contributed by atoms with Gasteiger partial charge in [0.15, 0.2) is 0 Å². The van der Waals surface area contributed by atoms with Crippen molar-refractivity contribution in [3.05, 3.63) is 29.8 Å². The second-order valence-electron chi connectivity index (χ2n) is 5.86. The first-order valence-corrected chi connectivity index (χ1v) is 8.25. The molecule has 24 heavy (non-hydrogen) atoms. The number of anilines is 1. The molecule has 5 nitrogen and oxygen atoms in total. The highest BCUT2D eigenvalue weighted by Gasteiger charge is 2.29. The Kier molecular flexibility index (Phi) is 6.11. The van der Waals surface area contributed by atoms with Gasteiger partial charge in [0.25, 0.3) is 0 Å². The van der Waals surface area contributed by atoms with Crippen LogP contribution in [0.25, 0.3) is 0 Å². The van der Waals surface area contributed by atoms with E-state index in [1.807, 2.05) is 13.8 Å². The summed E-state index contributed by atoms with van der Waals surface area (Å²) < 4.78 is 26.3. The Bertz CT molecular complexity index is 577. The zero-order valence-corrected chi connectivity index (χ0v) is 14.0. The second-order valence-corrected chi connectivity index (χ2v) is 5.86. The minimum Gasteiger partial charge on any atom is -0.326 e. The van der Waals surface area contributed by atoms with E-state index in [1.165, 1.54) is 0 Å². The fourth-order valence-electron chi connectivity index (χ4n) is 2.90. The van der Waals surface area contributed by atoms with Crippen LogP contribution < -0.4 is 5.32 Å². The summed E-state index contributed by atoms with van der Waals surface area (Å²) in [6, 6.07) is 2.92. The summed E-state index contributed by atoms with van der Waals surface area (Å²) in [5.74, 6) is -2.00. The molecule has 132 valence electrons. The molecule has 1 heterocycles. The SMILES string of the molecule is CCN(CC)C(=O)N1CCC(C(=O)Nc2cc(F)cc(F)c2)CC1. The number of hydrogen-bond acceptors (Lipinski definition) is 2. The Labute approximate surface area is 140 Å². The van der Waals surface area contributed by atoms with E-state index in [0.717, 1.165) is 18.2 Å². The van der Waals surface area contributed by atoms with Gasteiger partial charge in [-0.1, -0.05) is 0 Å². The zero-order chi connectivity index (χ0) is 17.7. The largest absolute Gasteiger partial charge is 0.326 e. The van der Waals surface area contributed by atoms with Gasteiger partial charge in [0.1, 0.15) is 11.6 Å². The summed E-state index contributed by atoms with van der Waals surface area (Å²) in [4.78, 5) is 28.0. The third kappa shape index (κ3) is 4.43. The number of likely N-dealkylation sites (tertiary alicyclic amines) is 1. The van der Waals surface area contributed by atoms with Gasteiger partial charge >= 0.3 is 6.03 Å². The molecule has 3 amide bonds. The summed E-state index contributed by atoms with van der Waals surface area (Å²) in [6.45, 7) is 6.18. The maximum atomic E-state index is 13.2. The van der Waals surface area contributed by atoms with Crippen molar-refractivity contribution in [1.82, 2.24) is 9.80 Å². The quantitative estimate of drug-likeness (QED) is 0.916. The first-order valence-electron chi connectivity index (χ1n) is 8.25. The summed E-state index contributed by atoms with van der Waals surface area (Å²) in [5.41, 5.74) is 0.110. The van der Waals surface area contributed by atoms with E-state index in [2.05, 4.69) is 5.32 Å². The summed E-state index contributed by atoms with van der Waals surface area (Å²) in [5, 5.41) is 2.55. The van der Waals surface area contributed by atoms with Crippen LogP contribution in [0.5, 0.6) is 0 Å². The number of amides is 3. The molecule has 1 aliphatic rings. The van der Waals surface area contributed by atoms with Gasteiger partial charge in [-0.2, -0.15) is 0 Å². The van der Waals surface area contributed by atoms with E-state index >= 15 is 0 Å². The van der Waals surface area contributed by atoms with Gasteiger partial charge in [-0.15, -0.1) is 0 Å². The van der Waals surface area contributed by atoms with Crippen molar-refractivity contribution in [2.24, 2.45) is 5.92 Å². The summed E-state index contributed by atoms with van der Waals surface area (Å²) >= 11 is 0. The number of nitrogens with zero attached hydrogens (tertiary/aromatic N) is 2. The molecule has 0 saturated carbocycles. The summed E-state index contributed by atoms with van der Waals surface area (Å²) in [6.07, 6.45) is 1.08. The summed E-state index contributed by atoms with van der Waals surface area (Å²) in [7, 11) is 0. The normalized spacial score (nSPS) is 15.2. The molecule has 0 aliphatic carbocycles. The van der Waals surface area contributed by atoms with Crippen molar-refractivity contribution in [2.45, 2.75) is 26.7 Å². The van der Waals surface area contributed by atoms with Crippen LogP contribution in [0.2, 0.25) is 0 Å². The highest BCUT2D eigenvalue weighted by molar-refractivity contribution is 5.92. The molecule has 0 aromatic heterocycles. The van der Waals surface area contributed by atoms with E-state index in [1.54, 1.807) is 9.80 Å². The molecule has 1 aliphatic heterocycles. The molecule has 1 saturated heterocycles. The number of urea groups is 1. The monoisotopic (exact) mass is 339 g/mol. The molecular formula is C17H23F2N3O2. The lowest BCUT2D eigenvalue weighted by Gasteiger charge is -2.34. The van der Waals surface area contributed by atoms with Crippen LogP contribution in [0.1, 0.15) is 26.7 Å². The van der Waals surface area contributed by atoms with E-state index in [-0.39, 0.29) is 23.5 Å². The molecule has 0 radical (unpaired) electrons. The number of rotatable bonds is 4. The Balaban J connectivity index is 1.89. The minimum absolute atomic E-state index is 0.00828. The topological polar surface area (TPSA) is 52.7 Å². The van der Waals surface area contributed by atoms with Crippen molar-refractivity contribution < 1.29 is 18.4 Å². The molecular weight excluding hydrogens is 316 g/mol. The first kappa shape index (κ1) is 18.2.